The van der Waals surface area contributed by atoms with Gasteiger partial charge in [-0.15, -0.1) is 0 Å². The van der Waals surface area contributed by atoms with Crippen LogP contribution in [-0.4, -0.2) is 54.3 Å². The number of hydrogen-bond donors (Lipinski definition) is 0. The number of ether oxygens (including phenoxy) is 2. The monoisotopic (exact) mass is 289 g/mol. The first-order valence-electron chi connectivity index (χ1n) is 6.77. The smallest absolute Gasteiger partial charge is 0.254 e. The Balaban J connectivity index is 2.19. The molecule has 1 atom stereocenters. The zero-order valence-corrected chi connectivity index (χ0v) is 12.5. The van der Waals surface area contributed by atoms with Gasteiger partial charge in [-0.1, -0.05) is 0 Å². The molecule has 0 aliphatic carbocycles. The Morgan fingerprint density at radius 2 is 2.43 bits per heavy atom. The highest BCUT2D eigenvalue weighted by Crippen LogP contribution is 2.22. The lowest BCUT2D eigenvalue weighted by Gasteiger charge is -2.42. The van der Waals surface area contributed by atoms with Crippen molar-refractivity contribution in [2.75, 3.05) is 26.8 Å². The molecule has 1 aliphatic rings. The first-order valence-corrected chi connectivity index (χ1v) is 6.77. The summed E-state index contributed by atoms with van der Waals surface area (Å²) in [6.45, 7) is 5.30. The lowest BCUT2D eigenvalue weighted by molar-refractivity contribution is -0.143. The van der Waals surface area contributed by atoms with Gasteiger partial charge in [0.05, 0.1) is 18.3 Å². The molecular weight excluding hydrogens is 270 g/mol. The lowest BCUT2D eigenvalue weighted by Crippen LogP contribution is -2.55. The van der Waals surface area contributed by atoms with Crippen LogP contribution in [-0.2, 0) is 9.47 Å². The van der Waals surface area contributed by atoms with Crippen LogP contribution in [0, 0.1) is 11.3 Å². The van der Waals surface area contributed by atoms with Gasteiger partial charge in [-0.2, -0.15) is 5.26 Å². The molecule has 0 radical (unpaired) electrons. The van der Waals surface area contributed by atoms with Crippen molar-refractivity contribution in [3.05, 3.63) is 29.6 Å². The minimum atomic E-state index is -0.428. The predicted octanol–water partition coefficient (Wildman–Crippen LogP) is 1.22. The molecule has 6 heteroatoms. The van der Waals surface area contributed by atoms with Crippen LogP contribution in [0.3, 0.4) is 0 Å². The zero-order chi connectivity index (χ0) is 15.5. The third-order valence-corrected chi connectivity index (χ3v) is 3.24. The Bertz CT molecular complexity index is 566. The molecule has 21 heavy (non-hydrogen) atoms. The fourth-order valence-corrected chi connectivity index (χ4v) is 2.53. The SMILES string of the molecule is COC[C@H]1CN(C(=O)c2ccnc(C#N)c2)CC(C)(C)O1. The van der Waals surface area contributed by atoms with Gasteiger partial charge < -0.3 is 14.4 Å². The molecule has 0 bridgehead atoms. The maximum atomic E-state index is 12.6. The van der Waals surface area contributed by atoms with Gasteiger partial charge in [-0.05, 0) is 26.0 Å². The summed E-state index contributed by atoms with van der Waals surface area (Å²) in [4.78, 5) is 18.2. The molecule has 1 aliphatic heterocycles. The zero-order valence-electron chi connectivity index (χ0n) is 12.5. The molecule has 112 valence electrons. The van der Waals surface area contributed by atoms with Crippen molar-refractivity contribution in [3.63, 3.8) is 0 Å². The van der Waals surface area contributed by atoms with Gasteiger partial charge >= 0.3 is 0 Å². The molecule has 0 aromatic carbocycles. The quantitative estimate of drug-likeness (QED) is 0.836. The molecule has 1 amide bonds. The predicted molar refractivity (Wildman–Crippen MR) is 75.7 cm³/mol. The number of methoxy groups -OCH3 is 1. The Morgan fingerprint density at radius 1 is 1.67 bits per heavy atom. The van der Waals surface area contributed by atoms with Crippen molar-refractivity contribution in [2.45, 2.75) is 25.6 Å². The fourth-order valence-electron chi connectivity index (χ4n) is 2.53. The number of nitrogens with zero attached hydrogens (tertiary/aromatic N) is 3. The normalized spacial score (nSPS) is 20.9. The second-order valence-electron chi connectivity index (χ2n) is 5.68. The van der Waals surface area contributed by atoms with Crippen LogP contribution >= 0.6 is 0 Å². The van der Waals surface area contributed by atoms with E-state index in [1.165, 1.54) is 12.3 Å². The van der Waals surface area contributed by atoms with E-state index in [4.69, 9.17) is 14.7 Å². The van der Waals surface area contributed by atoms with Crippen molar-refractivity contribution < 1.29 is 14.3 Å². The molecule has 2 heterocycles. The Labute approximate surface area is 124 Å². The molecule has 1 aromatic heterocycles. The van der Waals surface area contributed by atoms with Crippen LogP contribution in [0.1, 0.15) is 29.9 Å². The van der Waals surface area contributed by atoms with E-state index < -0.39 is 5.60 Å². The third kappa shape index (κ3) is 3.78. The number of morpholine rings is 1. The molecule has 1 saturated heterocycles. The Morgan fingerprint density at radius 3 is 3.10 bits per heavy atom. The average molecular weight is 289 g/mol. The van der Waals surface area contributed by atoms with Crippen molar-refractivity contribution in [1.29, 1.82) is 5.26 Å². The van der Waals surface area contributed by atoms with E-state index in [0.29, 0.717) is 25.3 Å². The number of aromatic nitrogens is 1. The second kappa shape index (κ2) is 6.20. The largest absolute Gasteiger partial charge is 0.382 e. The molecule has 0 unspecified atom stereocenters. The molecule has 2 rings (SSSR count). The molecule has 0 spiro atoms. The molecule has 6 nitrogen and oxygen atoms in total. The van der Waals surface area contributed by atoms with E-state index in [0.717, 1.165) is 0 Å². The van der Waals surface area contributed by atoms with Gasteiger partial charge in [0.25, 0.3) is 5.91 Å². The van der Waals surface area contributed by atoms with Crippen molar-refractivity contribution in [3.8, 4) is 6.07 Å². The van der Waals surface area contributed by atoms with Crippen LogP contribution in [0.2, 0.25) is 0 Å². The summed E-state index contributed by atoms with van der Waals surface area (Å²) < 4.78 is 11.0. The average Bonchev–Trinajstić information content (AvgIpc) is 2.45. The van der Waals surface area contributed by atoms with Crippen LogP contribution < -0.4 is 0 Å². The minimum Gasteiger partial charge on any atom is -0.382 e. The minimum absolute atomic E-state index is 0.119. The number of rotatable bonds is 3. The van der Waals surface area contributed by atoms with Gasteiger partial charge in [-0.3, -0.25) is 4.79 Å². The summed E-state index contributed by atoms with van der Waals surface area (Å²) in [6.07, 6.45) is 1.32. The number of amides is 1. The topological polar surface area (TPSA) is 75.5 Å². The summed E-state index contributed by atoms with van der Waals surface area (Å²) in [5.74, 6) is -0.119. The number of hydrogen-bond acceptors (Lipinski definition) is 5. The van der Waals surface area contributed by atoms with Gasteiger partial charge in [0.2, 0.25) is 0 Å². The lowest BCUT2D eigenvalue weighted by atomic mass is 10.0. The van der Waals surface area contributed by atoms with E-state index in [2.05, 4.69) is 4.98 Å². The van der Waals surface area contributed by atoms with E-state index in [9.17, 15) is 4.79 Å². The van der Waals surface area contributed by atoms with E-state index in [-0.39, 0.29) is 17.7 Å². The molecule has 1 aromatic rings. The van der Waals surface area contributed by atoms with E-state index >= 15 is 0 Å². The Hall–Kier alpha value is -1.97. The summed E-state index contributed by atoms with van der Waals surface area (Å²) in [5, 5.41) is 8.88. The first kappa shape index (κ1) is 15.4. The van der Waals surface area contributed by atoms with Crippen LogP contribution in [0.15, 0.2) is 18.3 Å². The maximum Gasteiger partial charge on any atom is 0.254 e. The van der Waals surface area contributed by atoms with E-state index in [1.54, 1.807) is 18.1 Å². The Kier molecular flexibility index (Phi) is 4.56. The highest BCUT2D eigenvalue weighted by atomic mass is 16.5. The number of carbonyl (C=O) groups excluding carboxylic acids is 1. The summed E-state index contributed by atoms with van der Waals surface area (Å²) in [7, 11) is 1.61. The molecule has 0 saturated carbocycles. The number of pyridine rings is 1. The molecular formula is C15H19N3O3. The van der Waals surface area contributed by atoms with Gasteiger partial charge in [-0.25, -0.2) is 4.98 Å². The highest BCUT2D eigenvalue weighted by Gasteiger charge is 2.35. The van der Waals surface area contributed by atoms with Gasteiger partial charge in [0, 0.05) is 32.0 Å². The summed E-state index contributed by atoms with van der Waals surface area (Å²) >= 11 is 0. The maximum absolute atomic E-state index is 12.6. The second-order valence-corrected chi connectivity index (χ2v) is 5.68. The fraction of sp³-hybridized carbons (Fsp3) is 0.533. The summed E-state index contributed by atoms with van der Waals surface area (Å²) in [6, 6.07) is 5.08. The summed E-state index contributed by atoms with van der Waals surface area (Å²) in [5.41, 5.74) is 0.277. The standard InChI is InChI=1S/C15H19N3O3/c1-15(2)10-18(8-13(21-15)9-20-3)14(19)11-4-5-17-12(6-11)7-16/h4-6,13H,8-10H2,1-3H3/t13-/m1/s1. The van der Waals surface area contributed by atoms with Gasteiger partial charge in [0.15, 0.2) is 0 Å². The highest BCUT2D eigenvalue weighted by molar-refractivity contribution is 5.94. The van der Waals surface area contributed by atoms with Crippen molar-refractivity contribution in [2.24, 2.45) is 0 Å². The van der Waals surface area contributed by atoms with Crippen LogP contribution in [0.4, 0.5) is 0 Å². The van der Waals surface area contributed by atoms with Crippen LogP contribution in [0.5, 0.6) is 0 Å². The van der Waals surface area contributed by atoms with Gasteiger partial charge in [0.1, 0.15) is 11.8 Å². The molecule has 0 N–H and O–H groups in total. The third-order valence-electron chi connectivity index (χ3n) is 3.24. The van der Waals surface area contributed by atoms with Crippen molar-refractivity contribution in [1.82, 2.24) is 9.88 Å². The molecule has 1 fully saturated rings. The van der Waals surface area contributed by atoms with Crippen molar-refractivity contribution >= 4 is 5.91 Å². The number of nitriles is 1. The number of carbonyl (C=O) groups is 1. The van der Waals surface area contributed by atoms with E-state index in [1.807, 2.05) is 19.9 Å². The first-order chi connectivity index (χ1) is 9.95. The van der Waals surface area contributed by atoms with Crippen LogP contribution in [0.25, 0.3) is 0 Å².